The third-order valence-electron chi connectivity index (χ3n) is 11.7. The van der Waals surface area contributed by atoms with E-state index in [0.717, 1.165) is 44.1 Å². The zero-order valence-electron chi connectivity index (χ0n) is 34.0. The lowest BCUT2D eigenvalue weighted by molar-refractivity contribution is 0.463. The number of rotatable bonds is 24. The molecule has 0 aromatic heterocycles. The van der Waals surface area contributed by atoms with Gasteiger partial charge in [0.05, 0.1) is 0 Å². The number of phenolic OH excluding ortho intramolecular Hbond substituents is 1. The first-order valence-corrected chi connectivity index (χ1v) is 21.4. The van der Waals surface area contributed by atoms with E-state index in [4.69, 9.17) is 0 Å². The third kappa shape index (κ3) is 12.4. The molecule has 0 aliphatic carbocycles. The average Bonchev–Trinajstić information content (AvgIpc) is 3.16. The summed E-state index contributed by atoms with van der Waals surface area (Å²) < 4.78 is 0. The van der Waals surface area contributed by atoms with E-state index in [0.29, 0.717) is 23.5 Å². The van der Waals surface area contributed by atoms with E-state index >= 15 is 0 Å². The lowest BCUT2D eigenvalue weighted by atomic mass is 9.79. The topological polar surface area (TPSA) is 20.2 Å². The molecule has 282 valence electrons. The molecule has 3 unspecified atom stereocenters. The fourth-order valence-electron chi connectivity index (χ4n) is 8.63. The zero-order chi connectivity index (χ0) is 37.1. The molecule has 1 N–H and O–H groups in total. The number of hydrogen-bond donors (Lipinski definition) is 1. The number of aromatic hydroxyl groups is 1. The lowest BCUT2D eigenvalue weighted by Gasteiger charge is -2.26. The minimum absolute atomic E-state index is 0.324. The minimum atomic E-state index is 0.324. The molecule has 1 nitrogen and oxygen atoms in total. The van der Waals surface area contributed by atoms with Gasteiger partial charge in [0, 0.05) is 0 Å². The van der Waals surface area contributed by atoms with E-state index in [2.05, 4.69) is 120 Å². The zero-order valence-corrected chi connectivity index (χ0v) is 34.0. The molecule has 52 heavy (non-hydrogen) atoms. The van der Waals surface area contributed by atoms with Crippen LogP contribution in [0.3, 0.4) is 0 Å². The van der Waals surface area contributed by atoms with Crippen molar-refractivity contribution in [3.05, 3.63) is 135 Å². The largest absolute Gasteiger partial charge is 0.508 e. The van der Waals surface area contributed by atoms with Crippen LogP contribution in [0.2, 0.25) is 0 Å². The van der Waals surface area contributed by atoms with Crippen molar-refractivity contribution < 1.29 is 5.11 Å². The van der Waals surface area contributed by atoms with Gasteiger partial charge < -0.3 is 5.11 Å². The Morgan fingerprint density at radius 1 is 0.385 bits per heavy atom. The second-order valence-corrected chi connectivity index (χ2v) is 16.0. The minimum Gasteiger partial charge on any atom is -0.508 e. The van der Waals surface area contributed by atoms with Crippen LogP contribution in [-0.2, 0) is 38.5 Å². The Labute approximate surface area is 319 Å². The maximum Gasteiger partial charge on any atom is 0.119 e. The van der Waals surface area contributed by atoms with E-state index in [1.807, 2.05) is 6.07 Å². The first-order chi connectivity index (χ1) is 25.4. The van der Waals surface area contributed by atoms with Crippen molar-refractivity contribution in [1.82, 2.24) is 0 Å². The maximum atomic E-state index is 11.7. The van der Waals surface area contributed by atoms with E-state index in [9.17, 15) is 5.11 Å². The van der Waals surface area contributed by atoms with Gasteiger partial charge in [-0.15, -0.1) is 0 Å². The fourth-order valence-corrected chi connectivity index (χ4v) is 8.63. The first-order valence-electron chi connectivity index (χ1n) is 21.4. The van der Waals surface area contributed by atoms with Gasteiger partial charge in [-0.25, -0.2) is 0 Å². The van der Waals surface area contributed by atoms with Gasteiger partial charge in [-0.05, 0) is 132 Å². The van der Waals surface area contributed by atoms with E-state index in [-0.39, 0.29) is 0 Å². The highest BCUT2D eigenvalue weighted by molar-refractivity contribution is 5.48. The van der Waals surface area contributed by atoms with E-state index in [1.165, 1.54) is 122 Å². The van der Waals surface area contributed by atoms with Crippen LogP contribution in [0, 0.1) is 0 Å². The number of phenols is 1. The van der Waals surface area contributed by atoms with Crippen LogP contribution in [0.5, 0.6) is 5.75 Å². The van der Waals surface area contributed by atoms with Gasteiger partial charge in [-0.1, -0.05) is 178 Å². The fraction of sp³-hybridized carbons (Fsp3) is 0.529. The molecule has 4 rings (SSSR count). The molecule has 0 aliphatic heterocycles. The third-order valence-corrected chi connectivity index (χ3v) is 11.7. The molecule has 0 fully saturated rings. The Balaban J connectivity index is 1.69. The van der Waals surface area contributed by atoms with Crippen LogP contribution in [-0.4, -0.2) is 5.11 Å². The Bertz CT molecular complexity index is 1600. The summed E-state index contributed by atoms with van der Waals surface area (Å²) in [5, 5.41) is 11.7. The highest BCUT2D eigenvalue weighted by Crippen LogP contribution is 2.38. The van der Waals surface area contributed by atoms with Gasteiger partial charge in [0.1, 0.15) is 5.75 Å². The molecule has 4 aromatic carbocycles. The molecule has 0 spiro atoms. The van der Waals surface area contributed by atoms with Crippen LogP contribution in [0.4, 0.5) is 0 Å². The molecule has 3 atom stereocenters. The van der Waals surface area contributed by atoms with Crippen molar-refractivity contribution in [2.75, 3.05) is 0 Å². The number of aryl methyl sites for hydroxylation is 3. The van der Waals surface area contributed by atoms with Crippen molar-refractivity contribution in [2.45, 2.75) is 175 Å². The summed E-state index contributed by atoms with van der Waals surface area (Å²) in [6.45, 7) is 14.1. The molecule has 0 amide bonds. The van der Waals surface area contributed by atoms with E-state index < -0.39 is 0 Å². The smallest absolute Gasteiger partial charge is 0.119 e. The quantitative estimate of drug-likeness (QED) is 0.0722. The van der Waals surface area contributed by atoms with Crippen molar-refractivity contribution in [3.8, 4) is 5.75 Å². The number of hydrogen-bond acceptors (Lipinski definition) is 1. The van der Waals surface area contributed by atoms with Gasteiger partial charge >= 0.3 is 0 Å². The van der Waals surface area contributed by atoms with Gasteiger partial charge in [-0.2, -0.15) is 0 Å². The van der Waals surface area contributed by atoms with Gasteiger partial charge in [0.25, 0.3) is 0 Å². The van der Waals surface area contributed by atoms with Gasteiger partial charge in [0.2, 0.25) is 0 Å². The normalized spacial score (nSPS) is 13.3. The van der Waals surface area contributed by atoms with Crippen LogP contribution in [0.25, 0.3) is 0 Å². The number of unbranched alkanes of at least 4 members (excludes halogenated alkanes) is 9. The Morgan fingerprint density at radius 2 is 0.750 bits per heavy atom. The van der Waals surface area contributed by atoms with Crippen molar-refractivity contribution >= 4 is 0 Å². The van der Waals surface area contributed by atoms with Gasteiger partial charge in [-0.3, -0.25) is 0 Å². The Morgan fingerprint density at radius 3 is 1.15 bits per heavy atom. The summed E-state index contributed by atoms with van der Waals surface area (Å²) in [7, 11) is 0. The summed E-state index contributed by atoms with van der Waals surface area (Å²) in [6.07, 6.45) is 21.7. The number of benzene rings is 4. The van der Waals surface area contributed by atoms with Crippen molar-refractivity contribution in [1.29, 1.82) is 0 Å². The molecule has 0 heterocycles. The molecular formula is C51H72O. The molecular weight excluding hydrogens is 629 g/mol. The predicted molar refractivity (Wildman–Crippen MR) is 227 cm³/mol. The second kappa shape index (κ2) is 22.7. The molecule has 0 saturated carbocycles. The van der Waals surface area contributed by atoms with Crippen LogP contribution >= 0.6 is 0 Å². The Hall–Kier alpha value is -3.32. The lowest BCUT2D eigenvalue weighted by Crippen LogP contribution is -2.12. The molecule has 0 aliphatic rings. The average molecular weight is 701 g/mol. The highest BCUT2D eigenvalue weighted by atomic mass is 16.3. The van der Waals surface area contributed by atoms with Crippen LogP contribution < -0.4 is 0 Å². The van der Waals surface area contributed by atoms with Crippen molar-refractivity contribution in [2.24, 2.45) is 0 Å². The standard InChI is InChI=1S/C51H72O/c1-7-10-13-16-25-42-28-19-22-31-46(42)39(4)36-45-34-35-51(52)50(38-41(6)48-33-24-21-30-44(48)27-18-15-12-9-3)49(45)37-40(5)47-32-23-20-29-43(47)26-17-14-11-8-2/h19-24,28-35,39-41,52H,7-18,25-27,36-38H2,1-6H3. The summed E-state index contributed by atoms with van der Waals surface area (Å²) in [4.78, 5) is 0. The molecule has 0 radical (unpaired) electrons. The SMILES string of the molecule is CCCCCCc1ccccc1C(C)Cc1ccc(O)c(CC(C)c2ccccc2CCCCCC)c1CC(C)c1ccccc1CCCCCC. The highest BCUT2D eigenvalue weighted by Gasteiger charge is 2.23. The summed E-state index contributed by atoms with van der Waals surface area (Å²) >= 11 is 0. The molecule has 0 bridgehead atoms. The Kier molecular flexibility index (Phi) is 18.1. The van der Waals surface area contributed by atoms with Crippen molar-refractivity contribution in [3.63, 3.8) is 0 Å². The van der Waals surface area contributed by atoms with Gasteiger partial charge in [0.15, 0.2) is 0 Å². The molecule has 0 saturated heterocycles. The monoisotopic (exact) mass is 701 g/mol. The van der Waals surface area contributed by atoms with Crippen LogP contribution in [0.1, 0.15) is 186 Å². The van der Waals surface area contributed by atoms with E-state index in [1.54, 1.807) is 0 Å². The summed E-state index contributed by atoms with van der Waals surface area (Å²) in [6, 6.07) is 31.7. The first kappa shape index (κ1) is 41.4. The molecule has 1 heteroatoms. The summed E-state index contributed by atoms with van der Waals surface area (Å²) in [5.74, 6) is 1.56. The van der Waals surface area contributed by atoms with Crippen LogP contribution in [0.15, 0.2) is 84.9 Å². The summed E-state index contributed by atoms with van der Waals surface area (Å²) in [5.41, 5.74) is 12.9. The predicted octanol–water partition coefficient (Wildman–Crippen LogP) is 14.8. The second-order valence-electron chi connectivity index (χ2n) is 16.0. The molecule has 4 aromatic rings. The maximum absolute atomic E-state index is 11.7.